The Labute approximate surface area is 134 Å². The lowest BCUT2D eigenvalue weighted by atomic mass is 10.1. The first-order valence-corrected chi connectivity index (χ1v) is 7.44. The maximum atomic E-state index is 10.1. The van der Waals surface area contributed by atoms with Crippen molar-refractivity contribution in [3.05, 3.63) is 47.4 Å². The molecule has 0 spiro atoms. The molecule has 3 rings (SSSR count). The molecule has 0 atom stereocenters. The summed E-state index contributed by atoms with van der Waals surface area (Å²) in [6.07, 6.45) is 0. The van der Waals surface area contributed by atoms with E-state index in [0.717, 1.165) is 18.9 Å². The molecule has 2 aromatic rings. The molecule has 23 heavy (non-hydrogen) atoms. The summed E-state index contributed by atoms with van der Waals surface area (Å²) in [5.74, 6) is 7.12. The highest BCUT2D eigenvalue weighted by atomic mass is 16.5. The van der Waals surface area contributed by atoms with E-state index >= 15 is 0 Å². The summed E-state index contributed by atoms with van der Waals surface area (Å²) >= 11 is 0. The van der Waals surface area contributed by atoms with Gasteiger partial charge in [-0.25, -0.2) is 9.97 Å². The van der Waals surface area contributed by atoms with E-state index < -0.39 is 0 Å². The van der Waals surface area contributed by atoms with Crippen molar-refractivity contribution in [1.82, 2.24) is 9.97 Å². The number of aromatic hydroxyl groups is 1. The summed E-state index contributed by atoms with van der Waals surface area (Å²) < 4.78 is 5.37. The number of hydrogen-bond acceptors (Lipinski definition) is 7. The summed E-state index contributed by atoms with van der Waals surface area (Å²) in [5, 5.41) is 13.9. The average Bonchev–Trinajstić information content (AvgIpc) is 2.58. The van der Waals surface area contributed by atoms with E-state index in [1.807, 2.05) is 19.1 Å². The van der Waals surface area contributed by atoms with Crippen LogP contribution >= 0.6 is 0 Å². The van der Waals surface area contributed by atoms with E-state index in [9.17, 15) is 5.11 Å². The molecular formula is C16H19N5O2. The van der Waals surface area contributed by atoms with Gasteiger partial charge in [0, 0.05) is 24.7 Å². The molecule has 0 radical (unpaired) electrons. The monoisotopic (exact) mass is 313 g/mol. The number of nitrogens with two attached hydrogens (primary N) is 1. The zero-order valence-electron chi connectivity index (χ0n) is 12.9. The fourth-order valence-corrected chi connectivity index (χ4v) is 2.58. The van der Waals surface area contributed by atoms with Gasteiger partial charge in [-0.05, 0) is 19.1 Å². The van der Waals surface area contributed by atoms with Crippen LogP contribution in [0.5, 0.6) is 5.75 Å². The molecular weight excluding hydrogens is 294 g/mol. The van der Waals surface area contributed by atoms with Gasteiger partial charge in [-0.2, -0.15) is 5.10 Å². The number of phenols is 1. The van der Waals surface area contributed by atoms with Gasteiger partial charge < -0.3 is 20.6 Å². The lowest BCUT2D eigenvalue weighted by Crippen LogP contribution is -2.37. The normalized spacial score (nSPS) is 15.7. The SMILES string of the molecule is Cc1nc(C(=NN)c2ccccc2O)cc(N2CCOCC2)n1. The molecule has 0 amide bonds. The van der Waals surface area contributed by atoms with E-state index in [-0.39, 0.29) is 5.75 Å². The van der Waals surface area contributed by atoms with E-state index in [2.05, 4.69) is 20.0 Å². The standard InChI is InChI=1S/C16H19N5O2/c1-11-18-13(10-15(19-11)21-6-8-23-9-7-21)16(20-17)12-4-2-3-5-14(12)22/h2-5,10,22H,6-9,17H2,1H3. The van der Waals surface area contributed by atoms with E-state index in [4.69, 9.17) is 10.6 Å². The second-order valence-corrected chi connectivity index (χ2v) is 5.25. The van der Waals surface area contributed by atoms with Crippen molar-refractivity contribution in [3.8, 4) is 5.75 Å². The Morgan fingerprint density at radius 1 is 1.26 bits per heavy atom. The van der Waals surface area contributed by atoms with E-state index in [1.165, 1.54) is 0 Å². The highest BCUT2D eigenvalue weighted by Crippen LogP contribution is 2.22. The Morgan fingerprint density at radius 3 is 2.70 bits per heavy atom. The first-order valence-electron chi connectivity index (χ1n) is 7.44. The number of para-hydroxylation sites is 1. The molecule has 7 nitrogen and oxygen atoms in total. The highest BCUT2D eigenvalue weighted by molar-refractivity contribution is 6.13. The molecule has 3 N–H and O–H groups in total. The highest BCUT2D eigenvalue weighted by Gasteiger charge is 2.18. The third-order valence-electron chi connectivity index (χ3n) is 3.69. The number of rotatable bonds is 3. The van der Waals surface area contributed by atoms with Gasteiger partial charge in [0.25, 0.3) is 0 Å². The van der Waals surface area contributed by atoms with Crippen LogP contribution in [0.2, 0.25) is 0 Å². The Balaban J connectivity index is 2.01. The van der Waals surface area contributed by atoms with Crippen molar-refractivity contribution in [2.45, 2.75) is 6.92 Å². The van der Waals surface area contributed by atoms with Crippen LogP contribution in [-0.4, -0.2) is 47.1 Å². The molecule has 7 heteroatoms. The molecule has 1 aliphatic rings. The van der Waals surface area contributed by atoms with Gasteiger partial charge >= 0.3 is 0 Å². The maximum Gasteiger partial charge on any atom is 0.133 e. The minimum atomic E-state index is 0.112. The number of aromatic nitrogens is 2. The summed E-state index contributed by atoms with van der Waals surface area (Å²) in [7, 11) is 0. The smallest absolute Gasteiger partial charge is 0.133 e. The van der Waals surface area contributed by atoms with Crippen LogP contribution in [0.1, 0.15) is 17.1 Å². The number of hydrogen-bond donors (Lipinski definition) is 2. The summed E-state index contributed by atoms with van der Waals surface area (Å²) in [4.78, 5) is 11.1. The van der Waals surface area contributed by atoms with Gasteiger partial charge in [-0.3, -0.25) is 0 Å². The van der Waals surface area contributed by atoms with Crippen molar-refractivity contribution in [3.63, 3.8) is 0 Å². The average molecular weight is 313 g/mol. The predicted molar refractivity (Wildman–Crippen MR) is 87.7 cm³/mol. The second-order valence-electron chi connectivity index (χ2n) is 5.25. The zero-order chi connectivity index (χ0) is 16.2. The number of ether oxygens (including phenoxy) is 1. The molecule has 0 bridgehead atoms. The Bertz CT molecular complexity index is 726. The molecule has 1 aromatic carbocycles. The van der Waals surface area contributed by atoms with Crippen LogP contribution < -0.4 is 10.7 Å². The fourth-order valence-electron chi connectivity index (χ4n) is 2.58. The Morgan fingerprint density at radius 2 is 2.00 bits per heavy atom. The maximum absolute atomic E-state index is 10.1. The van der Waals surface area contributed by atoms with Crippen molar-refractivity contribution < 1.29 is 9.84 Å². The molecule has 1 saturated heterocycles. The first-order chi connectivity index (χ1) is 11.2. The lowest BCUT2D eigenvalue weighted by molar-refractivity contribution is 0.122. The topological polar surface area (TPSA) is 96.9 Å². The number of morpholine rings is 1. The molecule has 2 heterocycles. The number of phenolic OH excluding ortho intramolecular Hbond substituents is 1. The van der Waals surface area contributed by atoms with Gasteiger partial charge in [0.2, 0.25) is 0 Å². The predicted octanol–water partition coefficient (Wildman–Crippen LogP) is 1.04. The minimum Gasteiger partial charge on any atom is -0.507 e. The number of anilines is 1. The van der Waals surface area contributed by atoms with Crippen LogP contribution in [0.25, 0.3) is 0 Å². The molecule has 1 aliphatic heterocycles. The van der Waals surface area contributed by atoms with Gasteiger partial charge in [0.05, 0.1) is 18.9 Å². The van der Waals surface area contributed by atoms with E-state index in [1.54, 1.807) is 18.2 Å². The number of benzene rings is 1. The minimum absolute atomic E-state index is 0.112. The molecule has 1 aromatic heterocycles. The van der Waals surface area contributed by atoms with Gasteiger partial charge in [-0.15, -0.1) is 0 Å². The van der Waals surface area contributed by atoms with Crippen LogP contribution in [0, 0.1) is 6.92 Å². The summed E-state index contributed by atoms with van der Waals surface area (Å²) in [6, 6.07) is 8.76. The Hall–Kier alpha value is -2.67. The zero-order valence-corrected chi connectivity index (χ0v) is 12.9. The lowest BCUT2D eigenvalue weighted by Gasteiger charge is -2.28. The van der Waals surface area contributed by atoms with Crippen molar-refractivity contribution in [1.29, 1.82) is 0 Å². The van der Waals surface area contributed by atoms with E-state index in [0.29, 0.717) is 36.0 Å². The third kappa shape index (κ3) is 3.24. The Kier molecular flexibility index (Phi) is 4.38. The number of nitrogens with zero attached hydrogens (tertiary/aromatic N) is 4. The largest absolute Gasteiger partial charge is 0.507 e. The fraction of sp³-hybridized carbons (Fsp3) is 0.312. The van der Waals surface area contributed by atoms with Crippen LogP contribution in [0.4, 0.5) is 5.82 Å². The second kappa shape index (κ2) is 6.62. The molecule has 0 unspecified atom stereocenters. The van der Waals surface area contributed by atoms with Gasteiger partial charge in [0.15, 0.2) is 0 Å². The molecule has 120 valence electrons. The number of aryl methyl sites for hydroxylation is 1. The molecule has 0 aliphatic carbocycles. The quantitative estimate of drug-likeness (QED) is 0.499. The van der Waals surface area contributed by atoms with Crippen LogP contribution in [0.3, 0.4) is 0 Å². The third-order valence-corrected chi connectivity index (χ3v) is 3.69. The molecule has 0 saturated carbocycles. The van der Waals surface area contributed by atoms with Crippen molar-refractivity contribution in [2.24, 2.45) is 10.9 Å². The van der Waals surface area contributed by atoms with Crippen LogP contribution in [-0.2, 0) is 4.74 Å². The van der Waals surface area contributed by atoms with Crippen LogP contribution in [0.15, 0.2) is 35.4 Å². The number of hydrazone groups is 1. The first kappa shape index (κ1) is 15.2. The summed E-state index contributed by atoms with van der Waals surface area (Å²) in [5.41, 5.74) is 1.56. The van der Waals surface area contributed by atoms with Crippen molar-refractivity contribution in [2.75, 3.05) is 31.2 Å². The van der Waals surface area contributed by atoms with Gasteiger partial charge in [-0.1, -0.05) is 12.1 Å². The summed E-state index contributed by atoms with van der Waals surface area (Å²) in [6.45, 7) is 4.74. The molecule has 1 fully saturated rings. The van der Waals surface area contributed by atoms with Crippen molar-refractivity contribution >= 4 is 11.5 Å². The van der Waals surface area contributed by atoms with Gasteiger partial charge in [0.1, 0.15) is 23.1 Å².